The first-order valence-corrected chi connectivity index (χ1v) is 9.21. The van der Waals surface area contributed by atoms with E-state index >= 15 is 0 Å². The van der Waals surface area contributed by atoms with Gasteiger partial charge in [-0.05, 0) is 38.1 Å². The van der Waals surface area contributed by atoms with E-state index in [1.807, 2.05) is 84.3 Å². The first kappa shape index (κ1) is 24.2. The van der Waals surface area contributed by atoms with Crippen LogP contribution in [0.1, 0.15) is 13.8 Å². The molecule has 0 aromatic heterocycles. The smallest absolute Gasteiger partial charge is 0.411 e. The molecule has 0 aliphatic rings. The van der Waals surface area contributed by atoms with E-state index in [1.165, 1.54) is 0 Å². The van der Waals surface area contributed by atoms with Crippen molar-refractivity contribution in [3.05, 3.63) is 60.7 Å². The molecule has 0 fully saturated rings. The zero-order valence-corrected chi connectivity index (χ0v) is 18.4. The SMILES string of the molecule is CCN(C(=S)[S-])c1ccccc1.CCN(C(=S)[S-])c1ccccc1.[Co+2]. The van der Waals surface area contributed by atoms with Crippen LogP contribution in [0.3, 0.4) is 0 Å². The fourth-order valence-electron chi connectivity index (χ4n) is 2.05. The quantitative estimate of drug-likeness (QED) is 0.488. The second-order valence-corrected chi connectivity index (χ2v) is 6.76. The van der Waals surface area contributed by atoms with Crippen LogP contribution < -0.4 is 9.80 Å². The minimum absolute atomic E-state index is 0. The number of benzene rings is 2. The molecule has 1 radical (unpaired) electrons. The Morgan fingerprint density at radius 1 is 0.720 bits per heavy atom. The molecule has 7 heteroatoms. The fourth-order valence-corrected chi connectivity index (χ4v) is 2.99. The zero-order chi connectivity index (χ0) is 17.9. The molecule has 2 nitrogen and oxygen atoms in total. The largest absolute Gasteiger partial charge is 2.00 e. The number of thiocarbonyl (C=S) groups is 2. The van der Waals surface area contributed by atoms with Gasteiger partial charge in [0.15, 0.2) is 0 Å². The molecule has 0 spiro atoms. The van der Waals surface area contributed by atoms with Gasteiger partial charge in [-0.3, -0.25) is 0 Å². The molecule has 135 valence electrons. The van der Waals surface area contributed by atoms with Crippen molar-refractivity contribution in [1.82, 2.24) is 0 Å². The van der Waals surface area contributed by atoms with Crippen molar-refractivity contribution >= 4 is 69.7 Å². The third-order valence-electron chi connectivity index (χ3n) is 3.21. The van der Waals surface area contributed by atoms with E-state index in [0.717, 1.165) is 24.5 Å². The van der Waals surface area contributed by atoms with E-state index in [2.05, 4.69) is 0 Å². The molecule has 25 heavy (non-hydrogen) atoms. The maximum atomic E-state index is 4.94. The summed E-state index contributed by atoms with van der Waals surface area (Å²) in [4.78, 5) is 3.84. The molecular formula is C18H20CoN2S4. The van der Waals surface area contributed by atoms with Gasteiger partial charge in [0.1, 0.15) is 0 Å². The van der Waals surface area contributed by atoms with Gasteiger partial charge in [0, 0.05) is 24.5 Å². The molecule has 0 unspecified atom stereocenters. The Bertz CT molecular complexity index is 581. The Morgan fingerprint density at radius 3 is 1.20 bits per heavy atom. The third kappa shape index (κ3) is 8.39. The molecule has 2 aromatic carbocycles. The van der Waals surface area contributed by atoms with Gasteiger partial charge in [0.25, 0.3) is 0 Å². The van der Waals surface area contributed by atoms with E-state index < -0.39 is 0 Å². The van der Waals surface area contributed by atoms with E-state index in [4.69, 9.17) is 49.7 Å². The van der Waals surface area contributed by atoms with Crippen LogP contribution in [0.15, 0.2) is 60.7 Å². The van der Waals surface area contributed by atoms with Crippen molar-refractivity contribution in [1.29, 1.82) is 0 Å². The van der Waals surface area contributed by atoms with Crippen LogP contribution >= 0.6 is 24.4 Å². The van der Waals surface area contributed by atoms with Crippen LogP contribution in [0, 0.1) is 0 Å². The van der Waals surface area contributed by atoms with Crippen LogP contribution in [-0.4, -0.2) is 21.7 Å². The van der Waals surface area contributed by atoms with Crippen LogP contribution in [0.5, 0.6) is 0 Å². The van der Waals surface area contributed by atoms with Gasteiger partial charge in [0.05, 0.1) is 0 Å². The minimum Gasteiger partial charge on any atom is -0.411 e. The van der Waals surface area contributed by atoms with Gasteiger partial charge in [-0.15, -0.1) is 0 Å². The summed E-state index contributed by atoms with van der Waals surface area (Å²) < 4.78 is 1.01. The summed E-state index contributed by atoms with van der Waals surface area (Å²) in [5.74, 6) is 0. The van der Waals surface area contributed by atoms with Crippen LogP contribution in [0.25, 0.3) is 0 Å². The van der Waals surface area contributed by atoms with Crippen molar-refractivity contribution in [3.8, 4) is 0 Å². The Hall–Kier alpha value is -0.834. The molecule has 0 aliphatic heterocycles. The monoisotopic (exact) mass is 451 g/mol. The predicted molar refractivity (Wildman–Crippen MR) is 119 cm³/mol. The third-order valence-corrected chi connectivity index (χ3v) is 4.09. The van der Waals surface area contributed by atoms with Gasteiger partial charge >= 0.3 is 16.8 Å². The first-order chi connectivity index (χ1) is 11.5. The van der Waals surface area contributed by atoms with Crippen molar-refractivity contribution < 1.29 is 16.8 Å². The zero-order valence-electron chi connectivity index (χ0n) is 14.0. The van der Waals surface area contributed by atoms with E-state index in [9.17, 15) is 0 Å². The predicted octanol–water partition coefficient (Wildman–Crippen LogP) is 4.69. The van der Waals surface area contributed by atoms with Gasteiger partial charge in [-0.1, -0.05) is 45.0 Å². The Kier molecular flexibility index (Phi) is 12.9. The van der Waals surface area contributed by atoms with Crippen LogP contribution in [0.2, 0.25) is 0 Å². The van der Waals surface area contributed by atoms with E-state index in [-0.39, 0.29) is 16.8 Å². The second kappa shape index (κ2) is 13.4. The number of hydrogen-bond acceptors (Lipinski definition) is 4. The van der Waals surface area contributed by atoms with Crippen LogP contribution in [-0.2, 0) is 42.0 Å². The molecular weight excluding hydrogens is 431 g/mol. The van der Waals surface area contributed by atoms with Gasteiger partial charge in [0.2, 0.25) is 0 Å². The van der Waals surface area contributed by atoms with Gasteiger partial charge in [-0.2, -0.15) is 0 Å². The minimum atomic E-state index is 0. The van der Waals surface area contributed by atoms with Crippen molar-refractivity contribution in [3.63, 3.8) is 0 Å². The average Bonchev–Trinajstić information content (AvgIpc) is 2.58. The summed E-state index contributed by atoms with van der Waals surface area (Å²) >= 11 is 19.8. The molecule has 0 saturated carbocycles. The molecule has 0 aliphatic carbocycles. The van der Waals surface area contributed by atoms with Crippen molar-refractivity contribution in [2.45, 2.75) is 13.8 Å². The summed E-state index contributed by atoms with van der Waals surface area (Å²) in [5, 5.41) is 0. The number of nitrogens with zero attached hydrogens (tertiary/aromatic N) is 2. The molecule has 0 N–H and O–H groups in total. The maximum Gasteiger partial charge on any atom is 2.00 e. The summed E-state index contributed by atoms with van der Waals surface area (Å²) in [6.45, 7) is 5.72. The summed E-state index contributed by atoms with van der Waals surface area (Å²) in [5.41, 5.74) is 2.14. The van der Waals surface area contributed by atoms with Gasteiger partial charge in [-0.25, -0.2) is 0 Å². The fraction of sp³-hybridized carbons (Fsp3) is 0.222. The number of para-hydroxylation sites is 2. The number of hydrogen-bond donors (Lipinski definition) is 0. The van der Waals surface area contributed by atoms with E-state index in [1.54, 1.807) is 0 Å². The second-order valence-electron chi connectivity index (χ2n) is 4.69. The molecule has 0 atom stereocenters. The topological polar surface area (TPSA) is 6.48 Å². The van der Waals surface area contributed by atoms with Gasteiger partial charge < -0.3 is 59.5 Å². The van der Waals surface area contributed by atoms with Crippen LogP contribution in [0.4, 0.5) is 11.4 Å². The molecule has 2 aromatic rings. The summed E-state index contributed by atoms with van der Waals surface area (Å²) in [7, 11) is 0. The Morgan fingerprint density at radius 2 is 1.00 bits per heavy atom. The van der Waals surface area contributed by atoms with Crippen molar-refractivity contribution in [2.75, 3.05) is 22.9 Å². The summed E-state index contributed by atoms with van der Waals surface area (Å²) in [6, 6.07) is 19.9. The van der Waals surface area contributed by atoms with Crippen molar-refractivity contribution in [2.24, 2.45) is 0 Å². The molecule has 0 saturated heterocycles. The summed E-state index contributed by atoms with van der Waals surface area (Å²) in [6.07, 6.45) is 0. The molecule has 0 bridgehead atoms. The molecule has 0 amide bonds. The average molecular weight is 452 g/mol. The standard InChI is InChI=1S/2C9H11NS2.Co/c2*1-2-10(9(11)12)8-6-4-3-5-7-8;/h2*3-7H,2H2,1H3,(H,11,12);/q;;+2/p-2. The first-order valence-electron chi connectivity index (χ1n) is 7.58. The Labute approximate surface area is 183 Å². The maximum absolute atomic E-state index is 4.94. The molecule has 0 heterocycles. The Balaban J connectivity index is 0.000000443. The number of rotatable bonds is 4. The molecule has 2 rings (SSSR count). The van der Waals surface area contributed by atoms with E-state index in [0.29, 0.717) is 8.64 Å². The normalized spacial score (nSPS) is 9.04. The number of anilines is 2.